The Balaban J connectivity index is 1.58. The molecule has 0 bridgehead atoms. The lowest BCUT2D eigenvalue weighted by atomic mass is 9.84. The zero-order chi connectivity index (χ0) is 15.5. The summed E-state index contributed by atoms with van der Waals surface area (Å²) >= 11 is 0. The number of aliphatic hydroxyl groups is 3. The number of ether oxygens (including phenoxy) is 1. The molecular weight excluding hydrogens is 282 g/mol. The maximum absolute atomic E-state index is 10.2. The van der Waals surface area contributed by atoms with Crippen molar-refractivity contribution in [2.45, 2.75) is 56.3 Å². The number of nitrogens with zero attached hydrogens (tertiary/aromatic N) is 1. The largest absolute Gasteiger partial charge is 0.392 e. The molecule has 5 atom stereocenters. The quantitative estimate of drug-likeness (QED) is 0.756. The molecule has 4 unspecified atom stereocenters. The lowest BCUT2D eigenvalue weighted by Gasteiger charge is -2.50. The lowest BCUT2D eigenvalue weighted by Crippen LogP contribution is -2.64. The molecule has 3 N–H and O–H groups in total. The number of hydrogen-bond donors (Lipinski definition) is 3. The standard InChI is InChI=1S/C17H25NO4/c19-14-8-16(21)17-15(20)7-6-13(18(17)9-14)11-22-10-12-4-2-1-3-5-12/h1-5,13-17,19-21H,6-11H2/t13?,14?,15?,16?,17-/m1/s1. The maximum atomic E-state index is 10.2. The third kappa shape index (κ3) is 3.50. The first-order valence-corrected chi connectivity index (χ1v) is 8.06. The average Bonchev–Trinajstić information content (AvgIpc) is 2.50. The zero-order valence-corrected chi connectivity index (χ0v) is 12.7. The van der Waals surface area contributed by atoms with Gasteiger partial charge in [0.15, 0.2) is 0 Å². The molecule has 0 saturated carbocycles. The van der Waals surface area contributed by atoms with Gasteiger partial charge in [0.25, 0.3) is 0 Å². The number of aliphatic hydroxyl groups excluding tert-OH is 3. The van der Waals surface area contributed by atoms with Crippen molar-refractivity contribution in [2.24, 2.45) is 0 Å². The highest BCUT2D eigenvalue weighted by molar-refractivity contribution is 5.13. The molecule has 2 saturated heterocycles. The number of piperidine rings is 2. The summed E-state index contributed by atoms with van der Waals surface area (Å²) in [4.78, 5) is 2.04. The highest BCUT2D eigenvalue weighted by Gasteiger charge is 2.44. The second-order valence-corrected chi connectivity index (χ2v) is 6.44. The summed E-state index contributed by atoms with van der Waals surface area (Å²) in [6, 6.07) is 9.88. The summed E-state index contributed by atoms with van der Waals surface area (Å²) in [5.74, 6) is 0. The van der Waals surface area contributed by atoms with Crippen molar-refractivity contribution < 1.29 is 20.1 Å². The molecule has 2 fully saturated rings. The molecule has 5 heteroatoms. The van der Waals surface area contributed by atoms with Crippen LogP contribution in [0, 0.1) is 0 Å². The molecular formula is C17H25NO4. The second-order valence-electron chi connectivity index (χ2n) is 6.44. The minimum absolute atomic E-state index is 0.140. The molecule has 0 aliphatic carbocycles. The predicted molar refractivity (Wildman–Crippen MR) is 82.3 cm³/mol. The maximum Gasteiger partial charge on any atom is 0.0745 e. The van der Waals surface area contributed by atoms with E-state index in [1.54, 1.807) is 0 Å². The van der Waals surface area contributed by atoms with E-state index in [0.717, 1.165) is 12.0 Å². The molecule has 0 amide bonds. The molecule has 2 heterocycles. The highest BCUT2D eigenvalue weighted by atomic mass is 16.5. The number of benzene rings is 1. The van der Waals surface area contributed by atoms with Crippen LogP contribution in [0.5, 0.6) is 0 Å². The van der Waals surface area contributed by atoms with Crippen molar-refractivity contribution >= 4 is 0 Å². The minimum Gasteiger partial charge on any atom is -0.392 e. The van der Waals surface area contributed by atoms with E-state index in [9.17, 15) is 15.3 Å². The van der Waals surface area contributed by atoms with E-state index in [1.807, 2.05) is 35.2 Å². The van der Waals surface area contributed by atoms with Gasteiger partial charge in [-0.3, -0.25) is 4.90 Å². The number of rotatable bonds is 4. The third-order valence-electron chi connectivity index (χ3n) is 4.79. The van der Waals surface area contributed by atoms with Gasteiger partial charge in [0.2, 0.25) is 0 Å². The van der Waals surface area contributed by atoms with Crippen LogP contribution in [0.4, 0.5) is 0 Å². The zero-order valence-electron chi connectivity index (χ0n) is 12.7. The van der Waals surface area contributed by atoms with E-state index in [2.05, 4.69) is 0 Å². The van der Waals surface area contributed by atoms with E-state index < -0.39 is 18.3 Å². The van der Waals surface area contributed by atoms with Gasteiger partial charge in [-0.2, -0.15) is 0 Å². The van der Waals surface area contributed by atoms with Crippen molar-refractivity contribution in [1.82, 2.24) is 4.90 Å². The van der Waals surface area contributed by atoms with Crippen molar-refractivity contribution in [3.63, 3.8) is 0 Å². The molecule has 1 aromatic rings. The highest BCUT2D eigenvalue weighted by Crippen LogP contribution is 2.31. The van der Waals surface area contributed by atoms with E-state index in [-0.39, 0.29) is 12.1 Å². The second kappa shape index (κ2) is 7.06. The van der Waals surface area contributed by atoms with Crippen LogP contribution in [0.3, 0.4) is 0 Å². The Labute approximate surface area is 131 Å². The Bertz CT molecular complexity index is 469. The fraction of sp³-hybridized carbons (Fsp3) is 0.647. The van der Waals surface area contributed by atoms with Gasteiger partial charge in [0, 0.05) is 19.0 Å². The smallest absolute Gasteiger partial charge is 0.0745 e. The monoisotopic (exact) mass is 307 g/mol. The van der Waals surface area contributed by atoms with Crippen LogP contribution >= 0.6 is 0 Å². The summed E-state index contributed by atoms with van der Waals surface area (Å²) in [6.45, 7) is 1.61. The van der Waals surface area contributed by atoms with Crippen molar-refractivity contribution in [3.05, 3.63) is 35.9 Å². The van der Waals surface area contributed by atoms with Gasteiger partial charge in [-0.15, -0.1) is 0 Å². The first kappa shape index (κ1) is 15.9. The molecule has 122 valence electrons. The van der Waals surface area contributed by atoms with Crippen molar-refractivity contribution in [3.8, 4) is 0 Å². The van der Waals surface area contributed by atoms with Crippen LogP contribution in [0.2, 0.25) is 0 Å². The molecule has 0 aromatic heterocycles. The summed E-state index contributed by atoms with van der Waals surface area (Å²) in [6.07, 6.45) is 0.117. The van der Waals surface area contributed by atoms with Gasteiger partial charge in [-0.25, -0.2) is 0 Å². The normalized spacial score (nSPS) is 36.0. The lowest BCUT2D eigenvalue weighted by molar-refractivity contribution is -0.139. The Kier molecular flexibility index (Phi) is 5.10. The Morgan fingerprint density at radius 3 is 2.59 bits per heavy atom. The van der Waals surface area contributed by atoms with Gasteiger partial charge in [0.05, 0.1) is 37.6 Å². The molecule has 3 rings (SSSR count). The predicted octanol–water partition coefficient (Wildman–Crippen LogP) is 0.523. The third-order valence-corrected chi connectivity index (χ3v) is 4.79. The molecule has 2 aliphatic heterocycles. The Hall–Kier alpha value is -0.980. The van der Waals surface area contributed by atoms with Crippen LogP contribution < -0.4 is 0 Å². The van der Waals surface area contributed by atoms with Crippen molar-refractivity contribution in [2.75, 3.05) is 13.2 Å². The van der Waals surface area contributed by atoms with Gasteiger partial charge in [-0.05, 0) is 18.4 Å². The van der Waals surface area contributed by atoms with E-state index in [1.165, 1.54) is 0 Å². The summed E-state index contributed by atoms with van der Waals surface area (Å²) in [7, 11) is 0. The summed E-state index contributed by atoms with van der Waals surface area (Å²) in [5, 5.41) is 30.2. The van der Waals surface area contributed by atoms with Crippen molar-refractivity contribution in [1.29, 1.82) is 0 Å². The Morgan fingerprint density at radius 2 is 1.82 bits per heavy atom. The minimum atomic E-state index is -0.671. The van der Waals surface area contributed by atoms with E-state index >= 15 is 0 Å². The Morgan fingerprint density at radius 1 is 1.05 bits per heavy atom. The number of hydrogen-bond acceptors (Lipinski definition) is 5. The average molecular weight is 307 g/mol. The fourth-order valence-corrected chi connectivity index (χ4v) is 3.71. The first-order chi connectivity index (χ1) is 10.6. The topological polar surface area (TPSA) is 73.2 Å². The van der Waals surface area contributed by atoms with Gasteiger partial charge in [-0.1, -0.05) is 30.3 Å². The van der Waals surface area contributed by atoms with Crippen LogP contribution in [0.1, 0.15) is 24.8 Å². The fourth-order valence-electron chi connectivity index (χ4n) is 3.71. The molecule has 5 nitrogen and oxygen atoms in total. The molecule has 1 aromatic carbocycles. The van der Waals surface area contributed by atoms with Crippen LogP contribution in [-0.4, -0.2) is 63.8 Å². The van der Waals surface area contributed by atoms with Gasteiger partial charge < -0.3 is 20.1 Å². The van der Waals surface area contributed by atoms with Crippen LogP contribution in [-0.2, 0) is 11.3 Å². The molecule has 0 radical (unpaired) electrons. The van der Waals surface area contributed by atoms with Crippen LogP contribution in [0.25, 0.3) is 0 Å². The number of fused-ring (bicyclic) bond motifs is 1. The first-order valence-electron chi connectivity index (χ1n) is 8.06. The molecule has 2 aliphatic rings. The van der Waals surface area contributed by atoms with Crippen LogP contribution in [0.15, 0.2) is 30.3 Å². The molecule has 22 heavy (non-hydrogen) atoms. The summed E-state index contributed by atoms with van der Waals surface area (Å²) in [5.41, 5.74) is 1.13. The molecule has 0 spiro atoms. The summed E-state index contributed by atoms with van der Waals surface area (Å²) < 4.78 is 5.83. The van der Waals surface area contributed by atoms with E-state index in [0.29, 0.717) is 32.6 Å². The van der Waals surface area contributed by atoms with Gasteiger partial charge >= 0.3 is 0 Å². The van der Waals surface area contributed by atoms with Gasteiger partial charge in [0.1, 0.15) is 0 Å². The SMILES string of the molecule is OC1CC(O)[C@H]2C(O)CCC(COCc3ccccc3)N2C1. The van der Waals surface area contributed by atoms with E-state index in [4.69, 9.17) is 4.74 Å².